The van der Waals surface area contributed by atoms with Crippen molar-refractivity contribution in [1.29, 1.82) is 0 Å². The molecule has 4 N–H and O–H groups in total. The molecule has 0 aliphatic carbocycles. The van der Waals surface area contributed by atoms with E-state index in [9.17, 15) is 4.79 Å². The minimum absolute atomic E-state index is 0.244. The molecule has 0 saturated carbocycles. The lowest BCUT2D eigenvalue weighted by Crippen LogP contribution is -2.12. The second-order valence-corrected chi connectivity index (χ2v) is 4.56. The molecule has 0 saturated heterocycles. The van der Waals surface area contributed by atoms with Gasteiger partial charge in [-0.3, -0.25) is 9.89 Å². The molecule has 7 heteroatoms. The van der Waals surface area contributed by atoms with Gasteiger partial charge in [-0.15, -0.1) is 0 Å². The van der Waals surface area contributed by atoms with Crippen LogP contribution in [0.15, 0.2) is 18.2 Å². The van der Waals surface area contributed by atoms with Gasteiger partial charge >= 0.3 is 0 Å². The number of rotatable bonds is 2. The van der Waals surface area contributed by atoms with Gasteiger partial charge in [-0.25, -0.2) is 0 Å². The zero-order valence-corrected chi connectivity index (χ0v) is 10.9. The Morgan fingerprint density at radius 3 is 2.67 bits per heavy atom. The number of nitrogens with zero attached hydrogens (tertiary/aromatic N) is 1. The van der Waals surface area contributed by atoms with E-state index >= 15 is 0 Å². The summed E-state index contributed by atoms with van der Waals surface area (Å²) in [6.45, 7) is 1.83. The fraction of sp³-hybridized carbons (Fsp3) is 0.0909. The van der Waals surface area contributed by atoms with Crippen LogP contribution in [-0.4, -0.2) is 16.1 Å². The molecule has 94 valence electrons. The number of aromatic amines is 1. The van der Waals surface area contributed by atoms with E-state index in [0.29, 0.717) is 15.7 Å². The highest BCUT2D eigenvalue weighted by molar-refractivity contribution is 6.36. The van der Waals surface area contributed by atoms with E-state index in [-0.39, 0.29) is 17.4 Å². The molecule has 0 unspecified atom stereocenters. The van der Waals surface area contributed by atoms with Crippen molar-refractivity contribution in [1.82, 2.24) is 10.2 Å². The van der Waals surface area contributed by atoms with Crippen LogP contribution in [0.5, 0.6) is 0 Å². The summed E-state index contributed by atoms with van der Waals surface area (Å²) in [4.78, 5) is 11.8. The van der Waals surface area contributed by atoms with Gasteiger partial charge in [0.05, 0.1) is 10.7 Å². The fourth-order valence-electron chi connectivity index (χ4n) is 1.39. The van der Waals surface area contributed by atoms with Gasteiger partial charge in [0.1, 0.15) is 11.5 Å². The number of anilines is 2. The molecule has 1 heterocycles. The predicted octanol–water partition coefficient (Wildman–Crippen LogP) is 2.86. The van der Waals surface area contributed by atoms with Crippen LogP contribution in [-0.2, 0) is 0 Å². The van der Waals surface area contributed by atoms with Crippen LogP contribution in [0, 0.1) is 6.92 Å². The summed E-state index contributed by atoms with van der Waals surface area (Å²) in [5.74, 6) is -0.144. The predicted molar refractivity (Wildman–Crippen MR) is 72.2 cm³/mol. The van der Waals surface area contributed by atoms with Crippen molar-refractivity contribution < 1.29 is 4.79 Å². The van der Waals surface area contributed by atoms with E-state index < -0.39 is 0 Å². The second-order valence-electron chi connectivity index (χ2n) is 3.74. The Morgan fingerprint density at radius 2 is 2.06 bits per heavy atom. The van der Waals surface area contributed by atoms with Crippen LogP contribution < -0.4 is 11.1 Å². The molecule has 2 rings (SSSR count). The Hall–Kier alpha value is -1.72. The van der Waals surface area contributed by atoms with Crippen molar-refractivity contribution in [3.05, 3.63) is 39.5 Å². The van der Waals surface area contributed by atoms with Crippen molar-refractivity contribution in [2.24, 2.45) is 0 Å². The van der Waals surface area contributed by atoms with Crippen molar-refractivity contribution in [2.75, 3.05) is 11.1 Å². The van der Waals surface area contributed by atoms with Crippen molar-refractivity contribution in [3.63, 3.8) is 0 Å². The minimum Gasteiger partial charge on any atom is -0.382 e. The van der Waals surface area contributed by atoms with Crippen molar-refractivity contribution >= 4 is 40.6 Å². The van der Waals surface area contributed by atoms with E-state index in [1.165, 1.54) is 6.07 Å². The zero-order chi connectivity index (χ0) is 13.3. The number of aryl methyl sites for hydroxylation is 1. The number of benzene rings is 1. The topological polar surface area (TPSA) is 83.8 Å². The third-order valence-electron chi connectivity index (χ3n) is 2.34. The number of H-pyrrole nitrogens is 1. The maximum atomic E-state index is 11.8. The Balaban J connectivity index is 2.24. The molecule has 0 atom stereocenters. The van der Waals surface area contributed by atoms with Gasteiger partial charge in [0.2, 0.25) is 0 Å². The summed E-state index contributed by atoms with van der Waals surface area (Å²) < 4.78 is 0. The Morgan fingerprint density at radius 1 is 1.33 bits per heavy atom. The number of hydrogen-bond acceptors (Lipinski definition) is 3. The van der Waals surface area contributed by atoms with Crippen molar-refractivity contribution in [2.45, 2.75) is 6.92 Å². The molecular formula is C11H10Cl2N4O. The lowest BCUT2D eigenvalue weighted by molar-refractivity contribution is 0.102. The van der Waals surface area contributed by atoms with E-state index in [2.05, 4.69) is 15.5 Å². The highest BCUT2D eigenvalue weighted by atomic mass is 35.5. The minimum atomic E-state index is -0.388. The third-order valence-corrected chi connectivity index (χ3v) is 3.06. The average Bonchev–Trinajstić information content (AvgIpc) is 2.73. The van der Waals surface area contributed by atoms with Crippen LogP contribution in [0.1, 0.15) is 16.1 Å². The molecule has 5 nitrogen and oxygen atoms in total. The molecule has 1 aromatic carbocycles. The molecule has 0 bridgehead atoms. The summed E-state index contributed by atoms with van der Waals surface area (Å²) in [6, 6.07) is 4.71. The molecule has 18 heavy (non-hydrogen) atoms. The van der Waals surface area contributed by atoms with Gasteiger partial charge in [0.15, 0.2) is 0 Å². The molecule has 0 fully saturated rings. The lowest BCUT2D eigenvalue weighted by atomic mass is 10.2. The van der Waals surface area contributed by atoms with Gasteiger partial charge < -0.3 is 11.1 Å². The highest BCUT2D eigenvalue weighted by Gasteiger charge is 2.12. The standard InChI is InChI=1S/C11H10Cl2N4O/c1-5-2-7(13)8(3-6(5)12)15-11(18)9-4-10(14)17-16-9/h2-4H,1H3,(H,15,18)(H3,14,16,17). The summed E-state index contributed by atoms with van der Waals surface area (Å²) >= 11 is 12.0. The van der Waals surface area contributed by atoms with Gasteiger partial charge in [0, 0.05) is 11.1 Å². The van der Waals surface area contributed by atoms with Gasteiger partial charge in [-0.2, -0.15) is 5.10 Å². The van der Waals surface area contributed by atoms with E-state index in [1.807, 2.05) is 6.92 Å². The van der Waals surface area contributed by atoms with E-state index in [4.69, 9.17) is 28.9 Å². The quantitative estimate of drug-likeness (QED) is 0.793. The summed E-state index contributed by atoms with van der Waals surface area (Å²) in [5, 5.41) is 9.74. The summed E-state index contributed by atoms with van der Waals surface area (Å²) in [5.41, 5.74) is 6.94. The molecule has 0 spiro atoms. The van der Waals surface area contributed by atoms with E-state index in [1.54, 1.807) is 12.1 Å². The lowest BCUT2D eigenvalue weighted by Gasteiger charge is -2.08. The number of carbonyl (C=O) groups excluding carboxylic acids is 1. The van der Waals surface area contributed by atoms with Crippen LogP contribution in [0.4, 0.5) is 11.5 Å². The summed E-state index contributed by atoms with van der Waals surface area (Å²) in [7, 11) is 0. The number of hydrogen-bond donors (Lipinski definition) is 3. The molecule has 1 aromatic heterocycles. The number of amides is 1. The van der Waals surface area contributed by atoms with Crippen LogP contribution in [0.3, 0.4) is 0 Å². The molecule has 0 aliphatic rings. The molecule has 0 radical (unpaired) electrons. The third kappa shape index (κ3) is 2.57. The van der Waals surface area contributed by atoms with Crippen LogP contribution in [0.2, 0.25) is 10.0 Å². The number of nitrogen functional groups attached to an aromatic ring is 1. The largest absolute Gasteiger partial charge is 0.382 e. The Labute approximate surface area is 113 Å². The Bertz CT molecular complexity index is 609. The van der Waals surface area contributed by atoms with Gasteiger partial charge in [-0.05, 0) is 24.6 Å². The monoisotopic (exact) mass is 284 g/mol. The van der Waals surface area contributed by atoms with Crippen LogP contribution in [0.25, 0.3) is 0 Å². The number of aromatic nitrogens is 2. The maximum absolute atomic E-state index is 11.8. The summed E-state index contributed by atoms with van der Waals surface area (Å²) in [6.07, 6.45) is 0. The maximum Gasteiger partial charge on any atom is 0.273 e. The first-order valence-corrected chi connectivity index (χ1v) is 5.81. The van der Waals surface area contributed by atoms with Crippen LogP contribution >= 0.6 is 23.2 Å². The molecule has 2 aromatic rings. The number of nitrogens with two attached hydrogens (primary N) is 1. The van der Waals surface area contributed by atoms with Crippen molar-refractivity contribution in [3.8, 4) is 0 Å². The Kier molecular flexibility index (Phi) is 3.45. The SMILES string of the molecule is Cc1cc(Cl)c(NC(=O)c2cc(N)n[nH]2)cc1Cl. The first kappa shape index (κ1) is 12.7. The smallest absolute Gasteiger partial charge is 0.273 e. The number of carbonyl (C=O) groups is 1. The normalized spacial score (nSPS) is 10.4. The molecule has 0 aliphatic heterocycles. The number of nitrogens with one attached hydrogen (secondary N) is 2. The highest BCUT2D eigenvalue weighted by Crippen LogP contribution is 2.29. The van der Waals surface area contributed by atoms with Gasteiger partial charge in [-0.1, -0.05) is 23.2 Å². The van der Waals surface area contributed by atoms with Gasteiger partial charge in [0.25, 0.3) is 5.91 Å². The average molecular weight is 285 g/mol. The number of halogens is 2. The zero-order valence-electron chi connectivity index (χ0n) is 9.42. The fourth-order valence-corrected chi connectivity index (χ4v) is 1.81. The molecule has 1 amide bonds. The first-order chi connectivity index (χ1) is 8.47. The molecular weight excluding hydrogens is 275 g/mol. The second kappa shape index (κ2) is 4.88. The first-order valence-electron chi connectivity index (χ1n) is 5.05. The van der Waals surface area contributed by atoms with E-state index in [0.717, 1.165) is 5.56 Å².